The van der Waals surface area contributed by atoms with Gasteiger partial charge in [-0.15, -0.1) is 0 Å². The Balaban J connectivity index is 1.48. The first-order valence-electron chi connectivity index (χ1n) is 10.7. The van der Waals surface area contributed by atoms with Gasteiger partial charge >= 0.3 is 0 Å². The molecule has 1 aliphatic carbocycles. The number of para-hydroxylation sites is 1. The molecule has 1 saturated carbocycles. The Hall–Kier alpha value is -1.73. The van der Waals surface area contributed by atoms with Gasteiger partial charge in [0, 0.05) is 43.2 Å². The maximum atomic E-state index is 12.8. The second-order valence-corrected chi connectivity index (χ2v) is 8.73. The molecule has 3 rings (SSSR count). The van der Waals surface area contributed by atoms with Gasteiger partial charge in [-0.1, -0.05) is 12.1 Å². The van der Waals surface area contributed by atoms with Crippen LogP contribution in [0.5, 0.6) is 5.75 Å². The fourth-order valence-electron chi connectivity index (χ4n) is 3.92. The molecule has 1 N–H and O–H groups in total. The van der Waals surface area contributed by atoms with E-state index in [2.05, 4.69) is 5.32 Å². The molecule has 1 aromatic rings. The highest BCUT2D eigenvalue weighted by Gasteiger charge is 2.31. The lowest BCUT2D eigenvalue weighted by Crippen LogP contribution is -2.44. The Morgan fingerprint density at radius 1 is 1.10 bits per heavy atom. The number of nitrogens with zero attached hydrogens (tertiary/aromatic N) is 1. The number of benzene rings is 1. The summed E-state index contributed by atoms with van der Waals surface area (Å²) < 4.78 is 11.0. The summed E-state index contributed by atoms with van der Waals surface area (Å²) in [5.74, 6) is 2.98. The van der Waals surface area contributed by atoms with Gasteiger partial charge in [0.15, 0.2) is 0 Å². The van der Waals surface area contributed by atoms with Crippen LogP contribution in [0.2, 0.25) is 0 Å². The second-order valence-electron chi connectivity index (χ2n) is 7.50. The van der Waals surface area contributed by atoms with E-state index in [1.807, 2.05) is 41.8 Å². The van der Waals surface area contributed by atoms with Gasteiger partial charge < -0.3 is 19.7 Å². The minimum absolute atomic E-state index is 0.111. The summed E-state index contributed by atoms with van der Waals surface area (Å²) in [4.78, 5) is 27.5. The van der Waals surface area contributed by atoms with Gasteiger partial charge in [0.25, 0.3) is 5.91 Å². The van der Waals surface area contributed by atoms with Crippen LogP contribution in [0.1, 0.15) is 43.0 Å². The lowest BCUT2D eigenvalue weighted by molar-refractivity contribution is -0.136. The number of carbonyl (C=O) groups excluding carboxylic acids is 2. The molecule has 2 amide bonds. The van der Waals surface area contributed by atoms with Gasteiger partial charge in [-0.3, -0.25) is 9.59 Å². The lowest BCUT2D eigenvalue weighted by Gasteiger charge is -2.34. The molecule has 160 valence electrons. The summed E-state index contributed by atoms with van der Waals surface area (Å²) in [5.41, 5.74) is 0.549. The smallest absolute Gasteiger partial charge is 0.255 e. The van der Waals surface area contributed by atoms with Crippen molar-refractivity contribution in [1.29, 1.82) is 0 Å². The summed E-state index contributed by atoms with van der Waals surface area (Å²) in [6, 6.07) is 7.42. The van der Waals surface area contributed by atoms with Crippen molar-refractivity contribution >= 4 is 23.6 Å². The van der Waals surface area contributed by atoms with E-state index in [9.17, 15) is 9.59 Å². The molecule has 0 radical (unpaired) electrons. The molecule has 7 heteroatoms. The first-order valence-corrected chi connectivity index (χ1v) is 11.8. The first kappa shape index (κ1) is 22.0. The largest absolute Gasteiger partial charge is 0.490 e. The second kappa shape index (κ2) is 11.5. The third-order valence-corrected chi connectivity index (χ3v) is 6.50. The van der Waals surface area contributed by atoms with E-state index >= 15 is 0 Å². The zero-order chi connectivity index (χ0) is 20.5. The number of amides is 2. The number of hydrogen-bond donors (Lipinski definition) is 1. The van der Waals surface area contributed by atoms with Gasteiger partial charge in [0.1, 0.15) is 12.4 Å². The zero-order valence-corrected chi connectivity index (χ0v) is 18.0. The summed E-state index contributed by atoms with van der Waals surface area (Å²) >= 11 is 1.92. The molecule has 0 bridgehead atoms. The summed E-state index contributed by atoms with van der Waals surface area (Å²) in [7, 11) is 0. The van der Waals surface area contributed by atoms with Crippen molar-refractivity contribution < 1.29 is 19.1 Å². The SMILES string of the molecule is CCOCCOc1ccccc1C(=O)NC1CCC(C(=O)N2CCSCC2)CC1. The molecule has 1 heterocycles. The Morgan fingerprint density at radius 3 is 2.55 bits per heavy atom. The summed E-state index contributed by atoms with van der Waals surface area (Å²) in [5, 5.41) is 3.14. The van der Waals surface area contributed by atoms with Crippen LogP contribution in [0.3, 0.4) is 0 Å². The topological polar surface area (TPSA) is 67.9 Å². The van der Waals surface area contributed by atoms with E-state index in [0.29, 0.717) is 37.0 Å². The third kappa shape index (κ3) is 6.37. The van der Waals surface area contributed by atoms with E-state index in [-0.39, 0.29) is 17.9 Å². The van der Waals surface area contributed by atoms with E-state index in [1.54, 1.807) is 6.07 Å². The molecule has 1 aliphatic heterocycles. The summed E-state index contributed by atoms with van der Waals surface area (Å²) in [6.45, 7) is 5.25. The highest BCUT2D eigenvalue weighted by molar-refractivity contribution is 7.99. The van der Waals surface area contributed by atoms with E-state index in [0.717, 1.165) is 50.3 Å². The number of rotatable bonds is 8. The van der Waals surface area contributed by atoms with Gasteiger partial charge in [-0.05, 0) is 44.7 Å². The van der Waals surface area contributed by atoms with Crippen LogP contribution in [0.25, 0.3) is 0 Å². The fraction of sp³-hybridized carbons (Fsp3) is 0.636. The quantitative estimate of drug-likeness (QED) is 0.655. The van der Waals surface area contributed by atoms with Crippen molar-refractivity contribution in [2.75, 3.05) is 44.4 Å². The van der Waals surface area contributed by atoms with Crippen LogP contribution >= 0.6 is 11.8 Å². The zero-order valence-electron chi connectivity index (χ0n) is 17.2. The van der Waals surface area contributed by atoms with Gasteiger partial charge in [0.05, 0.1) is 12.2 Å². The number of hydrogen-bond acceptors (Lipinski definition) is 5. The van der Waals surface area contributed by atoms with Crippen LogP contribution in [-0.4, -0.2) is 67.2 Å². The van der Waals surface area contributed by atoms with E-state index in [1.165, 1.54) is 0 Å². The predicted octanol–water partition coefficient (Wildman–Crippen LogP) is 2.97. The molecule has 1 aromatic carbocycles. The first-order chi connectivity index (χ1) is 14.2. The molecule has 2 aliphatic rings. The molecular weight excluding hydrogens is 388 g/mol. The Labute approximate surface area is 177 Å². The molecule has 6 nitrogen and oxygen atoms in total. The number of ether oxygens (including phenoxy) is 2. The molecule has 29 heavy (non-hydrogen) atoms. The number of nitrogens with one attached hydrogen (secondary N) is 1. The number of thioether (sulfide) groups is 1. The van der Waals surface area contributed by atoms with Crippen LogP contribution in [0.15, 0.2) is 24.3 Å². The average Bonchev–Trinajstić information content (AvgIpc) is 2.77. The van der Waals surface area contributed by atoms with Gasteiger partial charge in [-0.2, -0.15) is 11.8 Å². The third-order valence-electron chi connectivity index (χ3n) is 5.56. The minimum Gasteiger partial charge on any atom is -0.490 e. The molecule has 0 spiro atoms. The maximum Gasteiger partial charge on any atom is 0.255 e. The van der Waals surface area contributed by atoms with Crippen molar-refractivity contribution in [3.63, 3.8) is 0 Å². The molecule has 0 atom stereocenters. The van der Waals surface area contributed by atoms with Crippen molar-refractivity contribution in [2.24, 2.45) is 5.92 Å². The Bertz CT molecular complexity index is 671. The molecule has 0 aromatic heterocycles. The van der Waals surface area contributed by atoms with Crippen molar-refractivity contribution in [2.45, 2.75) is 38.6 Å². The molecule has 0 unspecified atom stereocenters. The minimum atomic E-state index is -0.111. The highest BCUT2D eigenvalue weighted by atomic mass is 32.2. The summed E-state index contributed by atoms with van der Waals surface area (Å²) in [6.07, 6.45) is 3.38. The fourth-order valence-corrected chi connectivity index (χ4v) is 4.83. The standard InChI is InChI=1S/C22H32N2O4S/c1-2-27-13-14-28-20-6-4-3-5-19(20)21(25)23-18-9-7-17(8-10-18)22(26)24-11-15-29-16-12-24/h3-6,17-18H,2,7-16H2,1H3,(H,23,25). The van der Waals surface area contributed by atoms with Crippen molar-refractivity contribution in [3.8, 4) is 5.75 Å². The van der Waals surface area contributed by atoms with E-state index < -0.39 is 0 Å². The highest BCUT2D eigenvalue weighted by Crippen LogP contribution is 2.28. The van der Waals surface area contributed by atoms with Gasteiger partial charge in [0.2, 0.25) is 5.91 Å². The van der Waals surface area contributed by atoms with Crippen LogP contribution in [-0.2, 0) is 9.53 Å². The van der Waals surface area contributed by atoms with Crippen LogP contribution in [0, 0.1) is 5.92 Å². The van der Waals surface area contributed by atoms with Crippen molar-refractivity contribution in [1.82, 2.24) is 10.2 Å². The average molecular weight is 421 g/mol. The lowest BCUT2D eigenvalue weighted by atomic mass is 9.85. The van der Waals surface area contributed by atoms with Gasteiger partial charge in [-0.25, -0.2) is 0 Å². The Kier molecular flexibility index (Phi) is 8.68. The molecule has 2 fully saturated rings. The van der Waals surface area contributed by atoms with Crippen molar-refractivity contribution in [3.05, 3.63) is 29.8 Å². The maximum absolute atomic E-state index is 12.8. The van der Waals surface area contributed by atoms with Crippen LogP contribution < -0.4 is 10.1 Å². The molecular formula is C22H32N2O4S. The predicted molar refractivity (Wildman–Crippen MR) is 116 cm³/mol. The van der Waals surface area contributed by atoms with Crippen LogP contribution in [0.4, 0.5) is 0 Å². The number of carbonyl (C=O) groups is 2. The Morgan fingerprint density at radius 2 is 1.83 bits per heavy atom. The van der Waals surface area contributed by atoms with E-state index in [4.69, 9.17) is 9.47 Å². The normalized spacial score (nSPS) is 22.2. The molecule has 1 saturated heterocycles. The monoisotopic (exact) mass is 420 g/mol.